The molecule has 1 aromatic rings. The molecule has 0 bridgehead atoms. The topological polar surface area (TPSA) is 49.4 Å². The molecule has 0 saturated carbocycles. The summed E-state index contributed by atoms with van der Waals surface area (Å²) in [6, 6.07) is 2.91. The van der Waals surface area contributed by atoms with Crippen LogP contribution < -0.4 is 5.32 Å². The molecule has 0 unspecified atom stereocenters. The van der Waals surface area contributed by atoms with Gasteiger partial charge in [0, 0.05) is 29.7 Å². The molecule has 0 aliphatic rings. The first-order chi connectivity index (χ1) is 9.73. The van der Waals surface area contributed by atoms with Crippen LogP contribution in [0.2, 0.25) is 0 Å². The van der Waals surface area contributed by atoms with E-state index in [1.807, 2.05) is 13.8 Å². The number of sulfonamides is 1. The summed E-state index contributed by atoms with van der Waals surface area (Å²) in [5.74, 6) is -0.513. The van der Waals surface area contributed by atoms with Crippen LogP contribution in [0.15, 0.2) is 21.5 Å². The Bertz CT molecular complexity index is 591. The van der Waals surface area contributed by atoms with Crippen molar-refractivity contribution in [2.24, 2.45) is 5.92 Å². The highest BCUT2D eigenvalue weighted by Gasteiger charge is 2.28. The van der Waals surface area contributed by atoms with E-state index in [0.717, 1.165) is 0 Å². The minimum Gasteiger partial charge on any atom is -0.316 e. The average molecular weight is 381 g/mol. The van der Waals surface area contributed by atoms with Crippen LogP contribution in [0.4, 0.5) is 4.39 Å². The first-order valence-corrected chi connectivity index (χ1v) is 9.10. The molecule has 0 fully saturated rings. The maximum Gasteiger partial charge on any atom is 0.246 e. The molecule has 1 aromatic carbocycles. The third kappa shape index (κ3) is 4.48. The summed E-state index contributed by atoms with van der Waals surface area (Å²) < 4.78 is 41.7. The van der Waals surface area contributed by atoms with E-state index in [2.05, 4.69) is 21.2 Å². The Morgan fingerprint density at radius 1 is 1.38 bits per heavy atom. The highest BCUT2D eigenvalue weighted by Crippen LogP contribution is 2.27. The molecule has 120 valence electrons. The van der Waals surface area contributed by atoms with Crippen molar-refractivity contribution in [3.8, 4) is 0 Å². The molecule has 0 aromatic heterocycles. The Labute approximate surface area is 134 Å². The van der Waals surface area contributed by atoms with Gasteiger partial charge in [-0.15, -0.1) is 0 Å². The van der Waals surface area contributed by atoms with Crippen LogP contribution in [-0.2, 0) is 16.6 Å². The number of nitrogens with zero attached hydrogens (tertiary/aromatic N) is 1. The van der Waals surface area contributed by atoms with E-state index < -0.39 is 15.8 Å². The Morgan fingerprint density at radius 3 is 2.48 bits per heavy atom. The van der Waals surface area contributed by atoms with Gasteiger partial charge in [0.15, 0.2) is 0 Å². The second kappa shape index (κ2) is 7.67. The molecule has 0 saturated heterocycles. The van der Waals surface area contributed by atoms with Gasteiger partial charge in [-0.05, 0) is 25.1 Å². The standard InChI is InChI=1S/C14H22BrFN2O2S/c1-5-18(9-10(2)3)21(19,20)13-7-12(15)6-11(8-17-4)14(13)16/h6-7,10,17H,5,8-9H2,1-4H3. The zero-order valence-corrected chi connectivity index (χ0v) is 15.2. The number of rotatable bonds is 7. The molecule has 7 heteroatoms. The minimum absolute atomic E-state index is 0.173. The Morgan fingerprint density at radius 2 is 2.00 bits per heavy atom. The lowest BCUT2D eigenvalue weighted by molar-refractivity contribution is 0.378. The van der Waals surface area contributed by atoms with Crippen molar-refractivity contribution >= 4 is 26.0 Å². The highest BCUT2D eigenvalue weighted by atomic mass is 79.9. The van der Waals surface area contributed by atoms with Crippen molar-refractivity contribution in [2.75, 3.05) is 20.1 Å². The zero-order valence-electron chi connectivity index (χ0n) is 12.8. The summed E-state index contributed by atoms with van der Waals surface area (Å²) in [6.07, 6.45) is 0. The van der Waals surface area contributed by atoms with Crippen LogP contribution in [0.25, 0.3) is 0 Å². The van der Waals surface area contributed by atoms with Crippen molar-refractivity contribution in [3.63, 3.8) is 0 Å². The van der Waals surface area contributed by atoms with Gasteiger partial charge < -0.3 is 5.32 Å². The minimum atomic E-state index is -3.84. The van der Waals surface area contributed by atoms with Crippen LogP contribution in [0.5, 0.6) is 0 Å². The summed E-state index contributed by atoms with van der Waals surface area (Å²) in [5.41, 5.74) is 0.325. The molecule has 0 spiro atoms. The van der Waals surface area contributed by atoms with Gasteiger partial charge in [-0.2, -0.15) is 4.31 Å². The SMILES string of the molecule is CCN(CC(C)C)S(=O)(=O)c1cc(Br)cc(CNC)c1F. The molecule has 0 atom stereocenters. The summed E-state index contributed by atoms with van der Waals surface area (Å²) >= 11 is 3.25. The van der Waals surface area contributed by atoms with E-state index in [0.29, 0.717) is 23.1 Å². The molecule has 0 aliphatic heterocycles. The first kappa shape index (κ1) is 18.5. The van der Waals surface area contributed by atoms with Crippen molar-refractivity contribution in [3.05, 3.63) is 28.0 Å². The normalized spacial score (nSPS) is 12.4. The monoisotopic (exact) mass is 380 g/mol. The van der Waals surface area contributed by atoms with Crippen molar-refractivity contribution < 1.29 is 12.8 Å². The van der Waals surface area contributed by atoms with Gasteiger partial charge in [0.2, 0.25) is 10.0 Å². The second-order valence-electron chi connectivity index (χ2n) is 5.26. The molecule has 0 amide bonds. The number of benzene rings is 1. The zero-order chi connectivity index (χ0) is 16.2. The summed E-state index contributed by atoms with van der Waals surface area (Å²) in [5, 5.41) is 2.84. The highest BCUT2D eigenvalue weighted by molar-refractivity contribution is 9.10. The number of nitrogens with one attached hydrogen (secondary N) is 1. The Balaban J connectivity index is 3.36. The molecular formula is C14H22BrFN2O2S. The van der Waals surface area contributed by atoms with Crippen LogP contribution in [0.3, 0.4) is 0 Å². The van der Waals surface area contributed by atoms with Crippen molar-refractivity contribution in [2.45, 2.75) is 32.2 Å². The van der Waals surface area contributed by atoms with Gasteiger partial charge in [0.05, 0.1) is 0 Å². The Hall–Kier alpha value is -0.500. The third-order valence-corrected chi connectivity index (χ3v) is 5.38. The Kier molecular flexibility index (Phi) is 6.77. The van der Waals surface area contributed by atoms with Gasteiger partial charge in [-0.1, -0.05) is 36.7 Å². The molecule has 0 aliphatic carbocycles. The predicted molar refractivity (Wildman–Crippen MR) is 86.1 cm³/mol. The smallest absolute Gasteiger partial charge is 0.246 e. The van der Waals surface area contributed by atoms with E-state index >= 15 is 0 Å². The van der Waals surface area contributed by atoms with E-state index in [1.165, 1.54) is 10.4 Å². The van der Waals surface area contributed by atoms with Crippen LogP contribution in [0, 0.1) is 11.7 Å². The number of halogens is 2. The van der Waals surface area contributed by atoms with E-state index in [4.69, 9.17) is 0 Å². The molecular weight excluding hydrogens is 359 g/mol. The van der Waals surface area contributed by atoms with Gasteiger partial charge >= 0.3 is 0 Å². The molecule has 21 heavy (non-hydrogen) atoms. The molecule has 1 N–H and O–H groups in total. The maximum absolute atomic E-state index is 14.5. The van der Waals surface area contributed by atoms with Gasteiger partial charge in [-0.25, -0.2) is 12.8 Å². The van der Waals surface area contributed by atoms with Gasteiger partial charge in [-0.3, -0.25) is 0 Å². The quantitative estimate of drug-likeness (QED) is 0.790. The van der Waals surface area contributed by atoms with E-state index in [1.54, 1.807) is 20.0 Å². The summed E-state index contributed by atoms with van der Waals surface area (Å²) in [7, 11) is -2.15. The lowest BCUT2D eigenvalue weighted by Gasteiger charge is -2.23. The number of hydrogen-bond donors (Lipinski definition) is 1. The van der Waals surface area contributed by atoms with Crippen LogP contribution in [-0.4, -0.2) is 32.9 Å². The fourth-order valence-electron chi connectivity index (χ4n) is 2.07. The largest absolute Gasteiger partial charge is 0.316 e. The lowest BCUT2D eigenvalue weighted by Crippen LogP contribution is -2.34. The summed E-state index contributed by atoms with van der Waals surface area (Å²) in [6.45, 7) is 6.57. The van der Waals surface area contributed by atoms with Gasteiger partial charge in [0.25, 0.3) is 0 Å². The third-order valence-electron chi connectivity index (χ3n) is 2.99. The van der Waals surface area contributed by atoms with Crippen LogP contribution in [0.1, 0.15) is 26.3 Å². The van der Waals surface area contributed by atoms with Crippen molar-refractivity contribution in [1.29, 1.82) is 0 Å². The average Bonchev–Trinajstić information content (AvgIpc) is 2.39. The molecule has 0 radical (unpaired) electrons. The van der Waals surface area contributed by atoms with E-state index in [-0.39, 0.29) is 17.4 Å². The van der Waals surface area contributed by atoms with Gasteiger partial charge in [0.1, 0.15) is 10.7 Å². The summed E-state index contributed by atoms with van der Waals surface area (Å²) in [4.78, 5) is -0.273. The van der Waals surface area contributed by atoms with Crippen LogP contribution >= 0.6 is 15.9 Å². The number of hydrogen-bond acceptors (Lipinski definition) is 3. The molecule has 0 heterocycles. The van der Waals surface area contributed by atoms with Crippen molar-refractivity contribution in [1.82, 2.24) is 9.62 Å². The molecule has 4 nitrogen and oxygen atoms in total. The maximum atomic E-state index is 14.5. The fourth-order valence-corrected chi connectivity index (χ4v) is 4.47. The fraction of sp³-hybridized carbons (Fsp3) is 0.571. The van der Waals surface area contributed by atoms with E-state index in [9.17, 15) is 12.8 Å². The second-order valence-corrected chi connectivity index (χ2v) is 8.08. The lowest BCUT2D eigenvalue weighted by atomic mass is 10.2. The molecule has 1 rings (SSSR count). The first-order valence-electron chi connectivity index (χ1n) is 6.86. The predicted octanol–water partition coefficient (Wildman–Crippen LogP) is 2.97.